The Hall–Kier alpha value is -0.700. The Morgan fingerprint density at radius 2 is 2.05 bits per heavy atom. The molecule has 0 aliphatic heterocycles. The average Bonchev–Trinajstić information content (AvgIpc) is 2.42. The Balaban J connectivity index is 4.30. The minimum atomic E-state index is -3.60. The zero-order valence-corrected chi connectivity index (χ0v) is 13.3. The Bertz CT molecular complexity index is 366. The molecule has 1 unspecified atom stereocenters. The van der Waals surface area contributed by atoms with Gasteiger partial charge in [-0.2, -0.15) is 12.7 Å². The van der Waals surface area contributed by atoms with Crippen LogP contribution in [-0.4, -0.2) is 57.7 Å². The van der Waals surface area contributed by atoms with Gasteiger partial charge < -0.3 is 9.84 Å². The minimum Gasteiger partial charge on any atom is -0.469 e. The number of nitrogens with zero attached hydrogens (tertiary/aromatic N) is 1. The van der Waals surface area contributed by atoms with Gasteiger partial charge in [-0.15, -0.1) is 0 Å². The minimum absolute atomic E-state index is 0.0168. The molecule has 0 aromatic heterocycles. The zero-order chi connectivity index (χ0) is 15.6. The fourth-order valence-electron chi connectivity index (χ4n) is 1.74. The third-order valence-electron chi connectivity index (χ3n) is 3.06. The van der Waals surface area contributed by atoms with E-state index >= 15 is 0 Å². The summed E-state index contributed by atoms with van der Waals surface area (Å²) in [5.74, 6) is -0.329. The highest BCUT2D eigenvalue weighted by atomic mass is 32.2. The van der Waals surface area contributed by atoms with Gasteiger partial charge in [-0.05, 0) is 18.8 Å². The fraction of sp³-hybridized carbons (Fsp3) is 0.917. The van der Waals surface area contributed by atoms with Gasteiger partial charge >= 0.3 is 5.97 Å². The summed E-state index contributed by atoms with van der Waals surface area (Å²) in [5.41, 5.74) is 0. The molecule has 20 heavy (non-hydrogen) atoms. The van der Waals surface area contributed by atoms with E-state index in [1.165, 1.54) is 14.2 Å². The Kier molecular flexibility index (Phi) is 9.74. The van der Waals surface area contributed by atoms with Crippen molar-refractivity contribution < 1.29 is 23.1 Å². The molecule has 0 saturated carbocycles. The number of methoxy groups -OCH3 is 1. The summed E-state index contributed by atoms with van der Waals surface area (Å²) >= 11 is 0. The summed E-state index contributed by atoms with van der Waals surface area (Å²) in [5, 5.41) is 8.94. The monoisotopic (exact) mass is 310 g/mol. The number of aliphatic hydroxyl groups is 1. The first-order valence-electron chi connectivity index (χ1n) is 6.76. The first kappa shape index (κ1) is 19.3. The predicted molar refractivity (Wildman–Crippen MR) is 76.3 cm³/mol. The molecule has 8 heteroatoms. The molecular formula is C12H26N2O5S. The third kappa shape index (κ3) is 7.78. The summed E-state index contributed by atoms with van der Waals surface area (Å²) in [7, 11) is -0.930. The highest BCUT2D eigenvalue weighted by molar-refractivity contribution is 7.87. The van der Waals surface area contributed by atoms with Crippen LogP contribution in [0.4, 0.5) is 0 Å². The second kappa shape index (κ2) is 10.1. The number of carbonyl (C=O) groups excluding carboxylic acids is 1. The number of aliphatic hydroxyl groups excluding tert-OH is 1. The lowest BCUT2D eigenvalue weighted by molar-refractivity contribution is -0.140. The smallest absolute Gasteiger partial charge is 0.306 e. The third-order valence-corrected chi connectivity index (χ3v) is 4.59. The maximum Gasteiger partial charge on any atom is 0.306 e. The van der Waals surface area contributed by atoms with Gasteiger partial charge in [0.25, 0.3) is 10.2 Å². The molecule has 0 radical (unpaired) electrons. The molecule has 0 aliphatic rings. The van der Waals surface area contributed by atoms with E-state index in [4.69, 9.17) is 5.11 Å². The van der Waals surface area contributed by atoms with E-state index in [0.29, 0.717) is 13.0 Å². The molecule has 0 amide bonds. The summed E-state index contributed by atoms with van der Waals surface area (Å²) in [6.07, 6.45) is 2.38. The molecule has 1 atom stereocenters. The lowest BCUT2D eigenvalue weighted by Crippen LogP contribution is -2.41. The molecule has 0 heterocycles. The van der Waals surface area contributed by atoms with Crippen LogP contribution in [0.2, 0.25) is 0 Å². The van der Waals surface area contributed by atoms with Gasteiger partial charge in [-0.1, -0.05) is 13.3 Å². The summed E-state index contributed by atoms with van der Waals surface area (Å²) < 4.78 is 32.0. The fourth-order valence-corrected chi connectivity index (χ4v) is 2.74. The maximum absolute atomic E-state index is 11.9. The SMILES string of the molecule is CCCC(CCO)CNS(=O)(=O)N(C)CCC(=O)OC. The molecule has 0 aromatic rings. The standard InChI is InChI=1S/C12H26N2O5S/c1-4-5-11(7-9-15)10-13-20(17,18)14(2)8-6-12(16)19-3/h11,13,15H,4-10H2,1-3H3. The molecule has 0 spiro atoms. The van der Waals surface area contributed by atoms with Crippen molar-refractivity contribution in [1.82, 2.24) is 9.03 Å². The van der Waals surface area contributed by atoms with Crippen LogP contribution in [-0.2, 0) is 19.7 Å². The van der Waals surface area contributed by atoms with Gasteiger partial charge in [0.15, 0.2) is 0 Å². The molecule has 0 bridgehead atoms. The highest BCUT2D eigenvalue weighted by Crippen LogP contribution is 2.10. The second-order valence-corrected chi connectivity index (χ2v) is 6.53. The van der Waals surface area contributed by atoms with Crippen LogP contribution in [0.5, 0.6) is 0 Å². The van der Waals surface area contributed by atoms with Crippen LogP contribution in [0.25, 0.3) is 0 Å². The van der Waals surface area contributed by atoms with Crippen LogP contribution in [0, 0.1) is 5.92 Å². The molecule has 0 aliphatic carbocycles. The van der Waals surface area contributed by atoms with E-state index in [1.807, 2.05) is 6.92 Å². The van der Waals surface area contributed by atoms with E-state index in [0.717, 1.165) is 17.1 Å². The zero-order valence-electron chi connectivity index (χ0n) is 12.5. The van der Waals surface area contributed by atoms with Crippen molar-refractivity contribution >= 4 is 16.2 Å². The molecule has 7 nitrogen and oxygen atoms in total. The number of hydrogen-bond donors (Lipinski definition) is 2. The van der Waals surface area contributed by atoms with Crippen LogP contribution >= 0.6 is 0 Å². The largest absolute Gasteiger partial charge is 0.469 e. The topological polar surface area (TPSA) is 95.9 Å². The van der Waals surface area contributed by atoms with Crippen molar-refractivity contribution in [2.24, 2.45) is 5.92 Å². The molecular weight excluding hydrogens is 284 g/mol. The van der Waals surface area contributed by atoms with Gasteiger partial charge in [-0.3, -0.25) is 4.79 Å². The molecule has 0 fully saturated rings. The normalized spacial score (nSPS) is 13.4. The number of rotatable bonds is 11. The predicted octanol–water partition coefficient (Wildman–Crippen LogP) is 0.114. The number of ether oxygens (including phenoxy) is 1. The summed E-state index contributed by atoms with van der Waals surface area (Å²) in [6.45, 7) is 2.42. The van der Waals surface area contributed by atoms with Crippen molar-refractivity contribution in [3.05, 3.63) is 0 Å². The van der Waals surface area contributed by atoms with Gasteiger partial charge in [-0.25, -0.2) is 4.72 Å². The number of hydrogen-bond acceptors (Lipinski definition) is 5. The Morgan fingerprint density at radius 3 is 2.55 bits per heavy atom. The summed E-state index contributed by atoms with van der Waals surface area (Å²) in [6, 6.07) is 0. The lowest BCUT2D eigenvalue weighted by atomic mass is 10.0. The highest BCUT2D eigenvalue weighted by Gasteiger charge is 2.20. The van der Waals surface area contributed by atoms with Gasteiger partial charge in [0.1, 0.15) is 0 Å². The van der Waals surface area contributed by atoms with Crippen molar-refractivity contribution in [1.29, 1.82) is 0 Å². The summed E-state index contributed by atoms with van der Waals surface area (Å²) in [4.78, 5) is 11.0. The van der Waals surface area contributed by atoms with Crippen molar-refractivity contribution in [3.63, 3.8) is 0 Å². The van der Waals surface area contributed by atoms with Crippen LogP contribution < -0.4 is 4.72 Å². The van der Waals surface area contributed by atoms with Crippen LogP contribution in [0.1, 0.15) is 32.6 Å². The molecule has 120 valence electrons. The van der Waals surface area contributed by atoms with Crippen LogP contribution in [0.3, 0.4) is 0 Å². The number of esters is 1. The van der Waals surface area contributed by atoms with Gasteiger partial charge in [0.2, 0.25) is 0 Å². The Labute approximate surface area is 121 Å². The Morgan fingerprint density at radius 1 is 1.40 bits per heavy atom. The quantitative estimate of drug-likeness (QED) is 0.528. The number of carbonyl (C=O) groups is 1. The maximum atomic E-state index is 11.9. The molecule has 0 aromatic carbocycles. The van der Waals surface area contributed by atoms with Crippen molar-refractivity contribution in [3.8, 4) is 0 Å². The molecule has 0 saturated heterocycles. The van der Waals surface area contributed by atoms with Crippen molar-refractivity contribution in [2.75, 3.05) is 33.9 Å². The van der Waals surface area contributed by atoms with E-state index in [1.54, 1.807) is 0 Å². The number of nitrogens with one attached hydrogen (secondary N) is 1. The molecule has 2 N–H and O–H groups in total. The van der Waals surface area contributed by atoms with E-state index < -0.39 is 16.2 Å². The van der Waals surface area contributed by atoms with Gasteiger partial charge in [0, 0.05) is 26.7 Å². The van der Waals surface area contributed by atoms with Gasteiger partial charge in [0.05, 0.1) is 13.5 Å². The second-order valence-electron chi connectivity index (χ2n) is 4.67. The lowest BCUT2D eigenvalue weighted by Gasteiger charge is -2.20. The first-order chi connectivity index (χ1) is 9.37. The van der Waals surface area contributed by atoms with Crippen LogP contribution in [0.15, 0.2) is 0 Å². The first-order valence-corrected chi connectivity index (χ1v) is 8.20. The van der Waals surface area contributed by atoms with E-state index in [-0.39, 0.29) is 25.5 Å². The molecule has 0 rings (SSSR count). The van der Waals surface area contributed by atoms with Crippen molar-refractivity contribution in [2.45, 2.75) is 32.6 Å². The average molecular weight is 310 g/mol. The van der Waals surface area contributed by atoms with E-state index in [9.17, 15) is 13.2 Å². The van der Waals surface area contributed by atoms with E-state index in [2.05, 4.69) is 9.46 Å².